The number of aliphatic imine (C=N–C) groups is 1. The lowest BCUT2D eigenvalue weighted by atomic mass is 10.0. The van der Waals surface area contributed by atoms with Crippen LogP contribution in [0.1, 0.15) is 51.9 Å². The summed E-state index contributed by atoms with van der Waals surface area (Å²) in [5, 5.41) is 33.0. The zero-order valence-corrected chi connectivity index (χ0v) is 33.4. The molecule has 0 aliphatic heterocycles. The van der Waals surface area contributed by atoms with Crippen LogP contribution >= 0.6 is 0 Å². The Hall–Kier alpha value is -7.03. The second-order valence-corrected chi connectivity index (χ2v) is 14.6. The highest BCUT2D eigenvalue weighted by molar-refractivity contribution is 7.80. The number of rotatable bonds is 17. The molecule has 0 spiro atoms. The van der Waals surface area contributed by atoms with E-state index in [2.05, 4.69) is 20.6 Å². The molecule has 16 nitrogen and oxygen atoms in total. The summed E-state index contributed by atoms with van der Waals surface area (Å²) < 4.78 is 72.2. The number of aliphatic hydroxyl groups is 2. The third-order valence-corrected chi connectivity index (χ3v) is 10.0. The standard InChI is InChI=1S/C42H38F3N5O11S/c1-24(59-29-12-14-31(15-13-29)62(58)61-30-10-8-28(53)9-11-30)39(55)46-26-6-2-5-25(21-26)40(56)48-34-23-35(38-36(37(34)54)49-41(57)60-38)47-33-16-7-27(22-32(33)42(43,44)45)50(17-3-19-51)18-4-20-52/h2,5-16,21-24,51-53H,3-4,17-20H2,1H3,(H,46,55)(H,48,56)(H,49,57). The molecular weight excluding hydrogens is 840 g/mol. The molecular formula is C42H38F3N5O11S. The molecule has 2 amide bonds. The van der Waals surface area contributed by atoms with E-state index in [1.807, 2.05) is 0 Å². The van der Waals surface area contributed by atoms with Crippen molar-refractivity contribution in [2.45, 2.75) is 36.9 Å². The summed E-state index contributed by atoms with van der Waals surface area (Å²) in [6.45, 7) is 1.48. The van der Waals surface area contributed by atoms with Crippen molar-refractivity contribution < 1.29 is 60.4 Å². The van der Waals surface area contributed by atoms with E-state index >= 15 is 0 Å². The van der Waals surface area contributed by atoms with E-state index in [9.17, 15) is 51.9 Å². The number of Topliss-reactive ketones (excluding diaryl/α,β-unsaturated/α-hetero) is 1. The predicted octanol–water partition coefficient (Wildman–Crippen LogP) is 5.40. The number of nitrogens with zero attached hydrogens (tertiary/aromatic N) is 2. The Kier molecular flexibility index (Phi) is 14.1. The number of nitrogens with one attached hydrogen (secondary N) is 3. The molecule has 0 fully saturated rings. The molecule has 2 atom stereocenters. The van der Waals surface area contributed by atoms with Crippen molar-refractivity contribution in [3.63, 3.8) is 0 Å². The van der Waals surface area contributed by atoms with E-state index in [-0.39, 0.29) is 79.0 Å². The lowest BCUT2D eigenvalue weighted by Gasteiger charge is -2.25. The van der Waals surface area contributed by atoms with Gasteiger partial charge in [-0.1, -0.05) is 6.07 Å². The number of phenols is 1. The largest absolute Gasteiger partial charge is 0.508 e. The molecule has 20 heteroatoms. The maximum Gasteiger partial charge on any atom is 0.418 e. The maximum absolute atomic E-state index is 14.5. The number of allylic oxidation sites excluding steroid dienone is 2. The first-order valence-electron chi connectivity index (χ1n) is 18.8. The van der Waals surface area contributed by atoms with Crippen LogP contribution in [0, 0.1) is 0 Å². The van der Waals surface area contributed by atoms with Crippen molar-refractivity contribution in [3.8, 4) is 17.2 Å². The first-order valence-corrected chi connectivity index (χ1v) is 19.9. The van der Waals surface area contributed by atoms with Crippen molar-refractivity contribution in [2.75, 3.05) is 36.5 Å². The number of halogens is 3. The molecule has 2 unspecified atom stereocenters. The van der Waals surface area contributed by atoms with Crippen LogP contribution in [0.3, 0.4) is 0 Å². The van der Waals surface area contributed by atoms with Gasteiger partial charge in [-0.3, -0.25) is 19.4 Å². The number of phenolic OH excluding ortho intramolecular Hbond substituents is 1. The Bertz CT molecular complexity index is 2580. The van der Waals surface area contributed by atoms with Crippen molar-refractivity contribution in [1.29, 1.82) is 0 Å². The van der Waals surface area contributed by atoms with E-state index in [1.54, 1.807) is 4.90 Å². The molecule has 0 saturated carbocycles. The number of carbonyl (C=O) groups is 3. The number of amides is 2. The van der Waals surface area contributed by atoms with Crippen LogP contribution in [0.4, 0.5) is 30.2 Å². The Morgan fingerprint density at radius 1 is 0.919 bits per heavy atom. The normalized spacial score (nSPS) is 14.1. The number of fused-ring (bicyclic) bond motifs is 1. The molecule has 324 valence electrons. The lowest BCUT2D eigenvalue weighted by molar-refractivity contribution is -0.137. The number of carbonyl (C=O) groups excluding carboxylic acids is 3. The number of hydrogen-bond donors (Lipinski definition) is 6. The summed E-state index contributed by atoms with van der Waals surface area (Å²) in [5.74, 6) is -3.38. The van der Waals surface area contributed by atoms with Gasteiger partial charge >= 0.3 is 11.9 Å². The number of aromatic amines is 1. The van der Waals surface area contributed by atoms with Crippen LogP contribution in [0.2, 0.25) is 0 Å². The van der Waals surface area contributed by atoms with E-state index in [1.165, 1.54) is 85.8 Å². The number of anilines is 2. The predicted molar refractivity (Wildman–Crippen MR) is 219 cm³/mol. The number of aromatic hydroxyl groups is 1. The lowest BCUT2D eigenvalue weighted by Crippen LogP contribution is -2.32. The molecule has 1 aromatic heterocycles. The van der Waals surface area contributed by atoms with Crippen molar-refractivity contribution >= 4 is 51.5 Å². The molecule has 1 heterocycles. The smallest absolute Gasteiger partial charge is 0.418 e. The molecule has 6 rings (SSSR count). The summed E-state index contributed by atoms with van der Waals surface area (Å²) in [7, 11) is 0. The fourth-order valence-electron chi connectivity index (χ4n) is 6.02. The highest BCUT2D eigenvalue weighted by Crippen LogP contribution is 2.39. The second-order valence-electron chi connectivity index (χ2n) is 13.5. The van der Waals surface area contributed by atoms with Gasteiger partial charge in [-0.2, -0.15) is 13.2 Å². The highest BCUT2D eigenvalue weighted by atomic mass is 32.2. The molecule has 0 bridgehead atoms. The topological polar surface area (TPSA) is 233 Å². The maximum atomic E-state index is 14.5. The van der Waals surface area contributed by atoms with Crippen LogP contribution in [0.5, 0.6) is 17.2 Å². The van der Waals surface area contributed by atoms with Gasteiger partial charge in [0, 0.05) is 43.2 Å². The van der Waals surface area contributed by atoms with Crippen LogP contribution in [0.25, 0.3) is 0 Å². The zero-order chi connectivity index (χ0) is 44.6. The van der Waals surface area contributed by atoms with Gasteiger partial charge in [-0.15, -0.1) is 0 Å². The molecule has 62 heavy (non-hydrogen) atoms. The summed E-state index contributed by atoms with van der Waals surface area (Å²) >= 11 is -1.88. The van der Waals surface area contributed by atoms with Gasteiger partial charge in [-0.25, -0.2) is 14.0 Å². The number of ether oxygens (including phenoxy) is 1. The molecule has 0 radical (unpaired) electrons. The Morgan fingerprint density at radius 2 is 1.60 bits per heavy atom. The Balaban J connectivity index is 1.16. The molecule has 1 aliphatic carbocycles. The van der Waals surface area contributed by atoms with Gasteiger partial charge in [0.1, 0.15) is 28.7 Å². The van der Waals surface area contributed by atoms with Crippen molar-refractivity contribution in [3.05, 3.63) is 136 Å². The molecule has 1 aliphatic rings. The fraction of sp³-hybridized carbons (Fsp3) is 0.214. The average Bonchev–Trinajstić information content (AvgIpc) is 3.65. The van der Waals surface area contributed by atoms with Crippen LogP contribution < -0.4 is 30.2 Å². The molecule has 4 aromatic carbocycles. The Morgan fingerprint density at radius 3 is 2.26 bits per heavy atom. The summed E-state index contributed by atoms with van der Waals surface area (Å²) in [5.41, 5.74) is -2.80. The Labute approximate surface area is 353 Å². The number of benzene rings is 4. The van der Waals surface area contributed by atoms with Gasteiger partial charge in [0.05, 0.1) is 21.8 Å². The van der Waals surface area contributed by atoms with Gasteiger partial charge in [0.15, 0.2) is 11.9 Å². The minimum Gasteiger partial charge on any atom is -0.508 e. The summed E-state index contributed by atoms with van der Waals surface area (Å²) in [6, 6.07) is 20.6. The zero-order valence-electron chi connectivity index (χ0n) is 32.6. The number of alkyl halides is 3. The number of aromatic nitrogens is 1. The fourth-order valence-corrected chi connectivity index (χ4v) is 6.76. The minimum absolute atomic E-state index is 0.0236. The van der Waals surface area contributed by atoms with Crippen LogP contribution in [-0.4, -0.2) is 80.2 Å². The van der Waals surface area contributed by atoms with Gasteiger partial charge in [-0.05, 0) is 111 Å². The van der Waals surface area contributed by atoms with Gasteiger partial charge in [0.2, 0.25) is 16.9 Å². The van der Waals surface area contributed by atoms with Crippen LogP contribution in [0.15, 0.2) is 122 Å². The number of hydrogen-bond acceptors (Lipinski definition) is 13. The molecule has 5 aromatic rings. The van der Waals surface area contributed by atoms with E-state index < -0.39 is 75.1 Å². The van der Waals surface area contributed by atoms with Crippen molar-refractivity contribution in [1.82, 2.24) is 10.3 Å². The third kappa shape index (κ3) is 11.0. The van der Waals surface area contributed by atoms with E-state index in [0.717, 1.165) is 18.2 Å². The SMILES string of the molecule is CC(Oc1ccc(S(=O)Oc2ccc(O)cc2)cc1)C(=O)Nc1cccc(C(=O)NC2=CC(=Nc3ccc(N(CCCO)CCCO)cc3C(F)(F)F)c3oc(=O)[nH]c3C2=O)c1. The third-order valence-electron chi connectivity index (χ3n) is 9.05. The minimum atomic E-state index is -4.92. The van der Waals surface area contributed by atoms with E-state index in [4.69, 9.17) is 13.3 Å². The summed E-state index contributed by atoms with van der Waals surface area (Å²) in [4.78, 5) is 60.4. The first kappa shape index (κ1) is 44.5. The average molecular weight is 878 g/mol. The quantitative estimate of drug-likeness (QED) is 0.0689. The van der Waals surface area contributed by atoms with Gasteiger partial charge < -0.3 is 44.2 Å². The van der Waals surface area contributed by atoms with Crippen molar-refractivity contribution in [2.24, 2.45) is 4.99 Å². The van der Waals surface area contributed by atoms with Crippen LogP contribution in [-0.2, 0) is 22.1 Å². The number of aliphatic hydroxyl groups excluding tert-OH is 2. The molecule has 0 saturated heterocycles. The highest BCUT2D eigenvalue weighted by Gasteiger charge is 2.36. The molecule has 6 N–H and O–H groups in total. The van der Waals surface area contributed by atoms with Gasteiger partial charge in [0.25, 0.3) is 11.8 Å². The number of H-pyrrole nitrogens is 1. The number of oxazole rings is 1. The monoisotopic (exact) mass is 877 g/mol. The first-order chi connectivity index (χ1) is 29.6. The number of ketones is 1. The van der Waals surface area contributed by atoms with E-state index in [0.29, 0.717) is 4.90 Å². The second kappa shape index (κ2) is 19.6. The summed E-state index contributed by atoms with van der Waals surface area (Å²) in [6.07, 6.45) is -4.49.